The largest absolute Gasteiger partial charge is 0.399 e. The van der Waals surface area contributed by atoms with Gasteiger partial charge in [-0.1, -0.05) is 110 Å². The molecule has 3 nitrogen and oxygen atoms in total. The van der Waals surface area contributed by atoms with E-state index in [-0.39, 0.29) is 12.0 Å². The lowest BCUT2D eigenvalue weighted by atomic mass is 9.86. The van der Waals surface area contributed by atoms with E-state index in [1.54, 1.807) is 0 Å². The summed E-state index contributed by atoms with van der Waals surface area (Å²) in [5.41, 5.74) is 22.1. The Morgan fingerprint density at radius 2 is 1.38 bits per heavy atom. The van der Waals surface area contributed by atoms with Gasteiger partial charge in [0.1, 0.15) is 0 Å². The van der Waals surface area contributed by atoms with Gasteiger partial charge in [-0.3, -0.25) is 0 Å². The molecule has 0 aromatic heterocycles. The molecule has 3 N–H and O–H groups in total. The second-order valence-corrected chi connectivity index (χ2v) is 12.1. The Bertz CT molecular complexity index is 2190. The maximum absolute atomic E-state index is 6.32. The van der Waals surface area contributed by atoms with Gasteiger partial charge in [0.05, 0.1) is 6.04 Å². The van der Waals surface area contributed by atoms with Crippen molar-refractivity contribution in [1.29, 1.82) is 0 Å². The van der Waals surface area contributed by atoms with Crippen LogP contribution in [-0.2, 0) is 0 Å². The second-order valence-electron chi connectivity index (χ2n) is 12.1. The Hall–Kier alpha value is -6.06. The second kappa shape index (κ2) is 11.7. The van der Waals surface area contributed by atoms with Gasteiger partial charge in [-0.2, -0.15) is 0 Å². The van der Waals surface area contributed by atoms with E-state index in [1.165, 1.54) is 39.1 Å². The fourth-order valence-electron chi connectivity index (χ4n) is 7.34. The van der Waals surface area contributed by atoms with Crippen molar-refractivity contribution < 1.29 is 0 Å². The zero-order valence-corrected chi connectivity index (χ0v) is 26.1. The molecule has 0 saturated heterocycles. The molecule has 0 spiro atoms. The topological polar surface area (TPSA) is 41.3 Å². The standard InChI is InChI=1S/C44H35N3/c1-3-11-33(4-2)47-43-17-10-9-16-38(43)41-27-31(20-23-44(41)47)30-19-22-42-40(26-30)37-15-8-6-13-35(37)34-12-5-7-14-36(34)39-28-32(45)21-18-29(39)24-25-46-42/h3-28,38,43,46H,1-2,45H2/b25-24+,33-11+. The minimum atomic E-state index is 0.198. The monoisotopic (exact) mass is 605 g/mol. The summed E-state index contributed by atoms with van der Waals surface area (Å²) in [4.78, 5) is 2.38. The number of benzene rings is 5. The van der Waals surface area contributed by atoms with E-state index in [9.17, 15) is 0 Å². The van der Waals surface area contributed by atoms with Crippen LogP contribution in [0, 0.1) is 0 Å². The number of nitrogens with two attached hydrogens (primary N) is 1. The maximum atomic E-state index is 6.32. The third-order valence-electron chi connectivity index (χ3n) is 9.48. The van der Waals surface area contributed by atoms with Crippen molar-refractivity contribution in [2.75, 3.05) is 16.0 Å². The van der Waals surface area contributed by atoms with Gasteiger partial charge in [-0.15, -0.1) is 0 Å². The van der Waals surface area contributed by atoms with E-state index in [0.29, 0.717) is 0 Å². The summed E-state index contributed by atoms with van der Waals surface area (Å²) in [6.45, 7) is 8.05. The molecular formula is C44H35N3. The van der Waals surface area contributed by atoms with Crippen molar-refractivity contribution in [3.63, 3.8) is 0 Å². The lowest BCUT2D eigenvalue weighted by molar-refractivity contribution is 0.730. The van der Waals surface area contributed by atoms with E-state index in [4.69, 9.17) is 5.73 Å². The number of hydrogen-bond acceptors (Lipinski definition) is 3. The Morgan fingerprint density at radius 3 is 2.13 bits per heavy atom. The van der Waals surface area contributed by atoms with Gasteiger partial charge in [0.2, 0.25) is 0 Å². The smallest absolute Gasteiger partial charge is 0.0629 e. The van der Waals surface area contributed by atoms with Crippen molar-refractivity contribution in [2.45, 2.75) is 12.0 Å². The number of allylic oxidation sites excluding steroid dienone is 5. The molecule has 226 valence electrons. The number of nitrogens with zero attached hydrogens (tertiary/aromatic N) is 1. The fourth-order valence-corrected chi connectivity index (χ4v) is 7.34. The number of nitrogens with one attached hydrogen (secondary N) is 1. The Labute approximate surface area is 276 Å². The third kappa shape index (κ3) is 4.84. The van der Waals surface area contributed by atoms with Gasteiger partial charge in [0.25, 0.3) is 0 Å². The molecule has 5 aromatic rings. The van der Waals surface area contributed by atoms with Crippen LogP contribution in [0.25, 0.3) is 50.6 Å². The van der Waals surface area contributed by atoms with Crippen molar-refractivity contribution >= 4 is 23.1 Å². The van der Waals surface area contributed by atoms with E-state index < -0.39 is 0 Å². The Kier molecular flexibility index (Phi) is 7.08. The van der Waals surface area contributed by atoms with Crippen LogP contribution in [0.5, 0.6) is 0 Å². The number of rotatable bonds is 4. The highest BCUT2D eigenvalue weighted by molar-refractivity contribution is 5.98. The maximum Gasteiger partial charge on any atom is 0.0629 e. The molecule has 2 heterocycles. The molecule has 0 radical (unpaired) electrons. The average molecular weight is 606 g/mol. The molecule has 0 amide bonds. The van der Waals surface area contributed by atoms with Crippen LogP contribution >= 0.6 is 0 Å². The summed E-state index contributed by atoms with van der Waals surface area (Å²) >= 11 is 0. The number of anilines is 3. The van der Waals surface area contributed by atoms with Crippen LogP contribution in [0.2, 0.25) is 0 Å². The molecule has 0 bridgehead atoms. The lowest BCUT2D eigenvalue weighted by Crippen LogP contribution is -2.31. The lowest BCUT2D eigenvalue weighted by Gasteiger charge is -2.29. The molecule has 8 rings (SSSR count). The van der Waals surface area contributed by atoms with Gasteiger partial charge in [-0.05, 0) is 105 Å². The van der Waals surface area contributed by atoms with Gasteiger partial charge < -0.3 is 16.0 Å². The highest BCUT2D eigenvalue weighted by Crippen LogP contribution is 2.48. The summed E-state index contributed by atoms with van der Waals surface area (Å²) < 4.78 is 0. The first-order valence-electron chi connectivity index (χ1n) is 16.0. The molecule has 5 aromatic carbocycles. The first-order chi connectivity index (χ1) is 23.1. The van der Waals surface area contributed by atoms with Crippen LogP contribution in [0.4, 0.5) is 17.1 Å². The van der Waals surface area contributed by atoms with Gasteiger partial charge in [0, 0.05) is 40.4 Å². The van der Waals surface area contributed by atoms with E-state index in [1.807, 2.05) is 30.5 Å². The summed E-state index contributed by atoms with van der Waals surface area (Å²) in [6, 6.07) is 37.3. The summed E-state index contributed by atoms with van der Waals surface area (Å²) in [7, 11) is 0. The zero-order chi connectivity index (χ0) is 31.9. The first-order valence-corrected chi connectivity index (χ1v) is 16.0. The third-order valence-corrected chi connectivity index (χ3v) is 9.48. The van der Waals surface area contributed by atoms with Gasteiger partial charge in [0.15, 0.2) is 0 Å². The predicted molar refractivity (Wildman–Crippen MR) is 201 cm³/mol. The van der Waals surface area contributed by atoms with Gasteiger partial charge >= 0.3 is 0 Å². The van der Waals surface area contributed by atoms with Crippen molar-refractivity contribution in [3.05, 3.63) is 182 Å². The molecule has 3 aliphatic rings. The van der Waals surface area contributed by atoms with E-state index >= 15 is 0 Å². The highest BCUT2D eigenvalue weighted by Gasteiger charge is 2.37. The average Bonchev–Trinajstić information content (AvgIpc) is 3.44. The van der Waals surface area contributed by atoms with Crippen LogP contribution < -0.4 is 16.0 Å². The molecule has 47 heavy (non-hydrogen) atoms. The molecule has 1 aliphatic carbocycles. The van der Waals surface area contributed by atoms with Crippen LogP contribution in [0.3, 0.4) is 0 Å². The molecule has 0 saturated carbocycles. The Balaban J connectivity index is 1.29. The number of fused-ring (bicyclic) bond motifs is 10. The SMILES string of the molecule is C=C/C=C(\C=C)N1c2ccc(-c3ccc4c(c3)-c3ccccc3-c3ccccc3-c3cc(N)ccc3/C=C/N4)cc2C2C=CC=CC21. The molecule has 0 fully saturated rings. The predicted octanol–water partition coefficient (Wildman–Crippen LogP) is 11.0. The summed E-state index contributed by atoms with van der Waals surface area (Å²) in [6.07, 6.45) is 18.8. The van der Waals surface area contributed by atoms with E-state index in [0.717, 1.165) is 39.3 Å². The molecule has 2 aliphatic heterocycles. The number of hydrogen-bond donors (Lipinski definition) is 2. The molecule has 2 atom stereocenters. The van der Waals surface area contributed by atoms with Crippen molar-refractivity contribution in [3.8, 4) is 44.5 Å². The minimum absolute atomic E-state index is 0.198. The molecular weight excluding hydrogens is 571 g/mol. The number of nitrogen functional groups attached to an aromatic ring is 1. The normalized spacial score (nSPS) is 17.9. The Morgan fingerprint density at radius 1 is 0.702 bits per heavy atom. The first kappa shape index (κ1) is 28.4. The van der Waals surface area contributed by atoms with Crippen LogP contribution in [0.1, 0.15) is 17.0 Å². The van der Waals surface area contributed by atoms with Crippen LogP contribution in [-0.4, -0.2) is 6.04 Å². The molecule has 3 heteroatoms. The zero-order valence-electron chi connectivity index (χ0n) is 26.1. The van der Waals surface area contributed by atoms with Crippen LogP contribution in [0.15, 0.2) is 171 Å². The van der Waals surface area contributed by atoms with Crippen molar-refractivity contribution in [1.82, 2.24) is 0 Å². The van der Waals surface area contributed by atoms with Crippen molar-refractivity contribution in [2.24, 2.45) is 0 Å². The highest BCUT2D eigenvalue weighted by atomic mass is 15.2. The van der Waals surface area contributed by atoms with Gasteiger partial charge in [-0.25, -0.2) is 0 Å². The molecule has 2 unspecified atom stereocenters. The fraction of sp³-hybridized carbons (Fsp3) is 0.0455. The summed E-state index contributed by atoms with van der Waals surface area (Å²) in [5, 5.41) is 3.62. The quantitative estimate of drug-likeness (QED) is 0.158. The minimum Gasteiger partial charge on any atom is -0.399 e. The van der Waals surface area contributed by atoms with E-state index in [2.05, 4.69) is 151 Å². The summed E-state index contributed by atoms with van der Waals surface area (Å²) in [5.74, 6) is 0.253.